The van der Waals surface area contributed by atoms with Crippen molar-refractivity contribution < 1.29 is 38.1 Å². The van der Waals surface area contributed by atoms with Crippen molar-refractivity contribution in [3.05, 3.63) is 22.7 Å². The van der Waals surface area contributed by atoms with E-state index in [2.05, 4.69) is 5.32 Å². The standard InChI is InChI=1S/C15H15ClN2O8S/c1-15(5-17-13(22)6-2-3-7(19)11(21)10(6)16)12(14(23)24)18-8(20)4-9(18)27(15,25)26/h2-3,9,12,19,21H,4-5H2,1H3,(H,17,22)(H,23,24)/t9-,12+,15+/m1/s1. The molecule has 0 aliphatic carbocycles. The Morgan fingerprint density at radius 3 is 2.56 bits per heavy atom. The summed E-state index contributed by atoms with van der Waals surface area (Å²) in [4.78, 5) is 36.5. The Labute approximate surface area is 158 Å². The number of β-lactam (4-membered cyclic amide) rings is 1. The maximum absolute atomic E-state index is 12.7. The number of phenols is 2. The van der Waals surface area contributed by atoms with Crippen molar-refractivity contribution in [2.24, 2.45) is 0 Å². The monoisotopic (exact) mass is 418 g/mol. The molecule has 1 aromatic carbocycles. The SMILES string of the molecule is C[C@]1(CNC(=O)c2ccc(O)c(O)c2Cl)[C@H](C(=O)O)N2C(=O)C[C@H]2S1(=O)=O. The number of aliphatic carboxylic acids is 1. The summed E-state index contributed by atoms with van der Waals surface area (Å²) in [5, 5.41) is 29.0. The van der Waals surface area contributed by atoms with Crippen LogP contribution in [0.5, 0.6) is 11.5 Å². The lowest BCUT2D eigenvalue weighted by Gasteiger charge is -2.35. The molecule has 0 spiro atoms. The molecule has 12 heteroatoms. The predicted molar refractivity (Wildman–Crippen MR) is 91.1 cm³/mol. The fraction of sp³-hybridized carbons (Fsp3) is 0.400. The van der Waals surface area contributed by atoms with Crippen LogP contribution in [0.25, 0.3) is 0 Å². The largest absolute Gasteiger partial charge is 0.504 e. The molecule has 2 amide bonds. The molecular formula is C15H15ClN2O8S. The molecule has 10 nitrogen and oxygen atoms in total. The molecule has 2 heterocycles. The van der Waals surface area contributed by atoms with Crippen LogP contribution in [-0.4, -0.2) is 69.1 Å². The minimum atomic E-state index is -4.07. The number of halogens is 1. The third-order valence-electron chi connectivity index (χ3n) is 4.99. The van der Waals surface area contributed by atoms with Gasteiger partial charge in [-0.3, -0.25) is 9.59 Å². The molecule has 0 unspecified atom stereocenters. The van der Waals surface area contributed by atoms with E-state index in [9.17, 15) is 38.1 Å². The normalized spacial score (nSPS) is 28.4. The van der Waals surface area contributed by atoms with Crippen LogP contribution in [0.1, 0.15) is 23.7 Å². The van der Waals surface area contributed by atoms with Gasteiger partial charge in [0.1, 0.15) is 10.1 Å². The van der Waals surface area contributed by atoms with Gasteiger partial charge in [-0.05, 0) is 19.1 Å². The third-order valence-corrected chi connectivity index (χ3v) is 8.15. The predicted octanol–water partition coefficient (Wildman–Crippen LogP) is -0.320. The Hall–Kier alpha value is -2.53. The molecule has 0 radical (unpaired) electrons. The molecule has 1 aromatic rings. The summed E-state index contributed by atoms with van der Waals surface area (Å²) in [5.74, 6) is -4.22. The van der Waals surface area contributed by atoms with Gasteiger partial charge in [0.2, 0.25) is 5.91 Å². The molecule has 0 saturated carbocycles. The van der Waals surface area contributed by atoms with Gasteiger partial charge in [-0.25, -0.2) is 13.2 Å². The van der Waals surface area contributed by atoms with Crippen LogP contribution in [0.2, 0.25) is 5.02 Å². The number of sulfone groups is 1. The van der Waals surface area contributed by atoms with E-state index in [1.807, 2.05) is 0 Å². The lowest BCUT2D eigenvalue weighted by molar-refractivity contribution is -0.157. The van der Waals surface area contributed by atoms with E-state index in [1.165, 1.54) is 0 Å². The molecule has 2 aliphatic rings. The molecule has 0 aromatic heterocycles. The first kappa shape index (κ1) is 19.2. The average molecular weight is 419 g/mol. The Bertz CT molecular complexity index is 978. The number of carbonyl (C=O) groups is 3. The van der Waals surface area contributed by atoms with E-state index >= 15 is 0 Å². The molecular weight excluding hydrogens is 404 g/mol. The Morgan fingerprint density at radius 1 is 1.37 bits per heavy atom. The zero-order valence-electron chi connectivity index (χ0n) is 13.8. The second-order valence-corrected chi connectivity index (χ2v) is 9.48. The second-order valence-electron chi connectivity index (χ2n) is 6.54. The summed E-state index contributed by atoms with van der Waals surface area (Å²) in [6, 6.07) is 0.496. The van der Waals surface area contributed by atoms with Crippen molar-refractivity contribution in [1.82, 2.24) is 10.2 Å². The van der Waals surface area contributed by atoms with Gasteiger partial charge < -0.3 is 25.5 Å². The highest BCUT2D eigenvalue weighted by atomic mass is 35.5. The number of hydrogen-bond acceptors (Lipinski definition) is 7. The number of aromatic hydroxyl groups is 2. The number of benzene rings is 1. The number of hydrogen-bond donors (Lipinski definition) is 4. The van der Waals surface area contributed by atoms with Crippen LogP contribution < -0.4 is 5.32 Å². The fourth-order valence-electron chi connectivity index (χ4n) is 3.39. The van der Waals surface area contributed by atoms with Crippen LogP contribution in [0.15, 0.2) is 12.1 Å². The maximum atomic E-state index is 12.7. The lowest BCUT2D eigenvalue weighted by atomic mass is 9.96. The van der Waals surface area contributed by atoms with Gasteiger partial charge in [0, 0.05) is 6.54 Å². The minimum Gasteiger partial charge on any atom is -0.504 e. The smallest absolute Gasteiger partial charge is 0.328 e. The van der Waals surface area contributed by atoms with Gasteiger partial charge in [-0.1, -0.05) is 11.6 Å². The topological polar surface area (TPSA) is 161 Å². The van der Waals surface area contributed by atoms with E-state index in [0.717, 1.165) is 24.0 Å². The van der Waals surface area contributed by atoms with Crippen molar-refractivity contribution in [2.75, 3.05) is 6.54 Å². The van der Waals surface area contributed by atoms with Crippen LogP contribution in [0.4, 0.5) is 0 Å². The zero-order chi connectivity index (χ0) is 20.3. The Kier molecular flexibility index (Phi) is 4.27. The summed E-state index contributed by atoms with van der Waals surface area (Å²) >= 11 is 5.80. The number of carbonyl (C=O) groups excluding carboxylic acids is 2. The number of amides is 2. The Morgan fingerprint density at radius 2 is 2.00 bits per heavy atom. The molecule has 27 heavy (non-hydrogen) atoms. The number of carboxylic acids is 1. The van der Waals surface area contributed by atoms with Crippen LogP contribution in [0.3, 0.4) is 0 Å². The van der Waals surface area contributed by atoms with Crippen molar-refractivity contribution in [2.45, 2.75) is 29.5 Å². The quantitative estimate of drug-likeness (QED) is 0.382. The van der Waals surface area contributed by atoms with Crippen molar-refractivity contribution >= 4 is 39.2 Å². The van der Waals surface area contributed by atoms with Gasteiger partial charge in [0.15, 0.2) is 27.4 Å². The van der Waals surface area contributed by atoms with Gasteiger partial charge in [-0.2, -0.15) is 0 Å². The minimum absolute atomic E-state index is 0.239. The summed E-state index contributed by atoms with van der Waals surface area (Å²) in [5.41, 5.74) is -0.239. The molecule has 2 saturated heterocycles. The van der Waals surface area contributed by atoms with E-state index < -0.39 is 66.9 Å². The first-order chi connectivity index (χ1) is 12.4. The van der Waals surface area contributed by atoms with E-state index in [4.69, 9.17) is 11.6 Å². The summed E-state index contributed by atoms with van der Waals surface area (Å²) in [6.07, 6.45) is -0.298. The number of phenolic OH excluding ortho intramolecular Hbond substituents is 2. The summed E-state index contributed by atoms with van der Waals surface area (Å²) < 4.78 is 23.5. The highest BCUT2D eigenvalue weighted by Gasteiger charge is 2.69. The van der Waals surface area contributed by atoms with Crippen LogP contribution >= 0.6 is 11.6 Å². The summed E-state index contributed by atoms with van der Waals surface area (Å²) in [7, 11) is -4.07. The molecule has 2 aliphatic heterocycles. The van der Waals surface area contributed by atoms with Gasteiger partial charge in [0.25, 0.3) is 5.91 Å². The van der Waals surface area contributed by atoms with Crippen LogP contribution in [0, 0.1) is 0 Å². The number of nitrogens with zero attached hydrogens (tertiary/aromatic N) is 1. The number of rotatable bonds is 4. The molecule has 146 valence electrons. The second kappa shape index (κ2) is 5.99. The van der Waals surface area contributed by atoms with Crippen molar-refractivity contribution in [3.63, 3.8) is 0 Å². The first-order valence-corrected chi connectivity index (χ1v) is 9.62. The molecule has 0 bridgehead atoms. The van der Waals surface area contributed by atoms with Gasteiger partial charge >= 0.3 is 5.97 Å². The van der Waals surface area contributed by atoms with Crippen molar-refractivity contribution in [1.29, 1.82) is 0 Å². The van der Waals surface area contributed by atoms with Crippen molar-refractivity contribution in [3.8, 4) is 11.5 Å². The molecule has 3 rings (SSSR count). The highest BCUT2D eigenvalue weighted by Crippen LogP contribution is 2.45. The van der Waals surface area contributed by atoms with Crippen LogP contribution in [-0.2, 0) is 19.4 Å². The number of nitrogens with one attached hydrogen (secondary N) is 1. The van der Waals surface area contributed by atoms with E-state index in [0.29, 0.717) is 0 Å². The van der Waals surface area contributed by atoms with E-state index in [-0.39, 0.29) is 12.0 Å². The average Bonchev–Trinajstić information content (AvgIpc) is 2.72. The molecule has 4 N–H and O–H groups in total. The van der Waals surface area contributed by atoms with Gasteiger partial charge in [0.05, 0.1) is 17.0 Å². The molecule has 3 atom stereocenters. The van der Waals surface area contributed by atoms with Gasteiger partial charge in [-0.15, -0.1) is 0 Å². The zero-order valence-corrected chi connectivity index (χ0v) is 15.4. The molecule has 2 fully saturated rings. The van der Waals surface area contributed by atoms with E-state index in [1.54, 1.807) is 0 Å². The Balaban J connectivity index is 1.90. The fourth-order valence-corrected chi connectivity index (χ4v) is 5.96. The number of carboxylic acid groups (broad SMARTS) is 1. The lowest BCUT2D eigenvalue weighted by Crippen LogP contribution is -2.59. The highest BCUT2D eigenvalue weighted by molar-refractivity contribution is 7.94. The maximum Gasteiger partial charge on any atom is 0.328 e. The summed E-state index contributed by atoms with van der Waals surface area (Å²) in [6.45, 7) is 0.562. The first-order valence-electron chi connectivity index (χ1n) is 7.69. The number of fused-ring (bicyclic) bond motifs is 1. The third kappa shape index (κ3) is 2.52.